The van der Waals surface area contributed by atoms with Crippen LogP contribution in [-0.4, -0.2) is 54.8 Å². The van der Waals surface area contributed by atoms with Crippen LogP contribution in [0.1, 0.15) is 34.6 Å². The second-order valence-electron chi connectivity index (χ2n) is 5.90. The van der Waals surface area contributed by atoms with Crippen molar-refractivity contribution >= 4 is 17.8 Å². The summed E-state index contributed by atoms with van der Waals surface area (Å²) in [4.78, 5) is 38.2. The monoisotopic (exact) mass is 351 g/mol. The minimum absolute atomic E-state index is 0.0222. The number of halogens is 1. The number of hydrogen-bond donors (Lipinski definition) is 0. The molecular formula is C17H18FNO6. The fourth-order valence-electron chi connectivity index (χ4n) is 3.07. The maximum atomic E-state index is 13.9. The number of imide groups is 1. The van der Waals surface area contributed by atoms with Gasteiger partial charge in [-0.25, -0.2) is 4.39 Å². The molecule has 2 aliphatic rings. The lowest BCUT2D eigenvalue weighted by Gasteiger charge is -2.32. The van der Waals surface area contributed by atoms with Crippen LogP contribution in [0.4, 0.5) is 4.39 Å². The molecule has 1 aromatic rings. The first kappa shape index (κ1) is 17.5. The molecule has 1 saturated heterocycles. The van der Waals surface area contributed by atoms with Gasteiger partial charge in [0, 0.05) is 6.54 Å². The summed E-state index contributed by atoms with van der Waals surface area (Å²) >= 11 is 0. The Hall–Kier alpha value is -2.32. The lowest BCUT2D eigenvalue weighted by molar-refractivity contribution is -0.201. The van der Waals surface area contributed by atoms with E-state index in [0.717, 1.165) is 11.0 Å². The number of amides is 2. The van der Waals surface area contributed by atoms with E-state index in [2.05, 4.69) is 0 Å². The predicted octanol–water partition coefficient (Wildman–Crippen LogP) is 1.36. The van der Waals surface area contributed by atoms with Gasteiger partial charge in [0.1, 0.15) is 11.7 Å². The zero-order valence-electron chi connectivity index (χ0n) is 13.9. The molecule has 1 unspecified atom stereocenters. The number of rotatable bonds is 5. The third-order valence-electron chi connectivity index (χ3n) is 4.38. The van der Waals surface area contributed by atoms with Crippen molar-refractivity contribution in [2.24, 2.45) is 5.92 Å². The molecule has 0 radical (unpaired) electrons. The molecule has 3 rings (SSSR count). The number of carbonyl (C=O) groups is 3. The van der Waals surface area contributed by atoms with Gasteiger partial charge < -0.3 is 14.2 Å². The second-order valence-corrected chi connectivity index (χ2v) is 5.90. The van der Waals surface area contributed by atoms with Gasteiger partial charge in [0.15, 0.2) is 5.79 Å². The van der Waals surface area contributed by atoms with Crippen molar-refractivity contribution in [2.75, 3.05) is 26.4 Å². The fraction of sp³-hybridized carbons (Fsp3) is 0.471. The van der Waals surface area contributed by atoms with E-state index in [-0.39, 0.29) is 37.5 Å². The molecule has 0 spiro atoms. The Kier molecular flexibility index (Phi) is 4.57. The fourth-order valence-corrected chi connectivity index (χ4v) is 3.07. The Morgan fingerprint density at radius 3 is 2.60 bits per heavy atom. The summed E-state index contributed by atoms with van der Waals surface area (Å²) in [5.41, 5.74) is -0.306. The number of esters is 1. The first-order valence-electron chi connectivity index (χ1n) is 7.98. The average molecular weight is 351 g/mol. The maximum Gasteiger partial charge on any atom is 0.316 e. The maximum absolute atomic E-state index is 13.9. The van der Waals surface area contributed by atoms with E-state index in [0.29, 0.717) is 0 Å². The number of benzene rings is 1. The van der Waals surface area contributed by atoms with Crippen LogP contribution < -0.4 is 0 Å². The summed E-state index contributed by atoms with van der Waals surface area (Å²) in [6.45, 7) is 3.57. The average Bonchev–Trinajstić information content (AvgIpc) is 3.10. The highest BCUT2D eigenvalue weighted by atomic mass is 19.1. The van der Waals surface area contributed by atoms with Gasteiger partial charge in [-0.1, -0.05) is 6.07 Å². The Labute approximate surface area is 143 Å². The first-order chi connectivity index (χ1) is 11.9. The van der Waals surface area contributed by atoms with Gasteiger partial charge in [-0.2, -0.15) is 0 Å². The Bertz CT molecular complexity index is 728. The Morgan fingerprint density at radius 2 is 2.00 bits per heavy atom. The SMILES string of the molecule is CCOC(=O)C(CN1C(=O)c2cccc(F)c2C1=O)C1(C)OCCO1. The molecule has 0 aromatic heterocycles. The number of ether oxygens (including phenoxy) is 3. The molecule has 7 nitrogen and oxygen atoms in total. The van der Waals surface area contributed by atoms with E-state index in [4.69, 9.17) is 14.2 Å². The molecule has 0 aliphatic carbocycles. The third-order valence-corrected chi connectivity index (χ3v) is 4.38. The summed E-state index contributed by atoms with van der Waals surface area (Å²) in [5, 5.41) is 0. The standard InChI is InChI=1S/C17H18FNO6/c1-3-23-16(22)11(17(2)24-7-8-25-17)9-19-14(20)10-5-4-6-12(18)13(10)15(19)21/h4-6,11H,3,7-9H2,1-2H3. The van der Waals surface area contributed by atoms with Crippen molar-refractivity contribution in [1.29, 1.82) is 0 Å². The molecule has 2 aliphatic heterocycles. The van der Waals surface area contributed by atoms with E-state index in [9.17, 15) is 18.8 Å². The van der Waals surface area contributed by atoms with Crippen molar-refractivity contribution in [3.63, 3.8) is 0 Å². The molecule has 8 heteroatoms. The second kappa shape index (κ2) is 6.53. The van der Waals surface area contributed by atoms with Crippen molar-refractivity contribution < 1.29 is 33.0 Å². The lowest BCUT2D eigenvalue weighted by Crippen LogP contribution is -2.49. The highest BCUT2D eigenvalue weighted by Crippen LogP contribution is 2.33. The van der Waals surface area contributed by atoms with E-state index in [1.807, 2.05) is 0 Å². The lowest BCUT2D eigenvalue weighted by atomic mass is 9.99. The number of hydrogen-bond acceptors (Lipinski definition) is 6. The highest BCUT2D eigenvalue weighted by molar-refractivity contribution is 6.21. The van der Waals surface area contributed by atoms with Crippen molar-refractivity contribution in [3.8, 4) is 0 Å². The van der Waals surface area contributed by atoms with E-state index < -0.39 is 35.3 Å². The third kappa shape index (κ3) is 2.91. The van der Waals surface area contributed by atoms with Gasteiger partial charge in [-0.3, -0.25) is 19.3 Å². The number of carbonyl (C=O) groups excluding carboxylic acids is 3. The number of fused-ring (bicyclic) bond motifs is 1. The van der Waals surface area contributed by atoms with Crippen molar-refractivity contribution in [1.82, 2.24) is 4.90 Å². The normalized spacial score (nSPS) is 19.9. The molecule has 2 heterocycles. The smallest absolute Gasteiger partial charge is 0.316 e. The summed E-state index contributed by atoms with van der Waals surface area (Å²) in [6.07, 6.45) is 0. The zero-order valence-corrected chi connectivity index (χ0v) is 13.9. The Morgan fingerprint density at radius 1 is 1.32 bits per heavy atom. The molecule has 1 atom stereocenters. The van der Waals surface area contributed by atoms with E-state index >= 15 is 0 Å². The van der Waals surface area contributed by atoms with Crippen LogP contribution in [0.2, 0.25) is 0 Å². The van der Waals surface area contributed by atoms with Gasteiger partial charge in [0.2, 0.25) is 0 Å². The van der Waals surface area contributed by atoms with Crippen LogP contribution in [-0.2, 0) is 19.0 Å². The molecule has 134 valence electrons. The van der Waals surface area contributed by atoms with Crippen LogP contribution in [0.3, 0.4) is 0 Å². The van der Waals surface area contributed by atoms with Crippen LogP contribution in [0.15, 0.2) is 18.2 Å². The van der Waals surface area contributed by atoms with E-state index in [1.165, 1.54) is 12.1 Å². The largest absolute Gasteiger partial charge is 0.466 e. The molecule has 25 heavy (non-hydrogen) atoms. The predicted molar refractivity (Wildman–Crippen MR) is 82.2 cm³/mol. The Balaban J connectivity index is 1.90. The topological polar surface area (TPSA) is 82.1 Å². The highest BCUT2D eigenvalue weighted by Gasteiger charge is 2.49. The summed E-state index contributed by atoms with van der Waals surface area (Å²) in [5.74, 6) is -5.22. The molecule has 0 N–H and O–H groups in total. The molecule has 0 saturated carbocycles. The van der Waals surface area contributed by atoms with Crippen LogP contribution in [0, 0.1) is 11.7 Å². The zero-order chi connectivity index (χ0) is 18.2. The van der Waals surface area contributed by atoms with Crippen LogP contribution in [0.5, 0.6) is 0 Å². The summed E-state index contributed by atoms with van der Waals surface area (Å²) in [7, 11) is 0. The quantitative estimate of drug-likeness (QED) is 0.589. The van der Waals surface area contributed by atoms with Gasteiger partial charge in [-0.15, -0.1) is 0 Å². The number of nitrogens with zero attached hydrogens (tertiary/aromatic N) is 1. The molecule has 0 bridgehead atoms. The summed E-state index contributed by atoms with van der Waals surface area (Å²) < 4.78 is 30.0. The molecule has 2 amide bonds. The summed E-state index contributed by atoms with van der Waals surface area (Å²) in [6, 6.07) is 3.85. The first-order valence-corrected chi connectivity index (χ1v) is 7.98. The van der Waals surface area contributed by atoms with Crippen molar-refractivity contribution in [2.45, 2.75) is 19.6 Å². The van der Waals surface area contributed by atoms with Crippen LogP contribution >= 0.6 is 0 Å². The molecular weight excluding hydrogens is 333 g/mol. The van der Waals surface area contributed by atoms with Crippen LogP contribution in [0.25, 0.3) is 0 Å². The van der Waals surface area contributed by atoms with Crippen molar-refractivity contribution in [3.05, 3.63) is 35.1 Å². The minimum atomic E-state index is -1.32. The molecule has 1 aromatic carbocycles. The van der Waals surface area contributed by atoms with Gasteiger partial charge in [0.05, 0.1) is 30.9 Å². The van der Waals surface area contributed by atoms with Gasteiger partial charge in [0.25, 0.3) is 11.8 Å². The van der Waals surface area contributed by atoms with Gasteiger partial charge >= 0.3 is 5.97 Å². The van der Waals surface area contributed by atoms with Gasteiger partial charge in [-0.05, 0) is 26.0 Å². The molecule has 1 fully saturated rings. The minimum Gasteiger partial charge on any atom is -0.466 e. The van der Waals surface area contributed by atoms with E-state index in [1.54, 1.807) is 13.8 Å².